The molecule has 1 aromatic rings. The molecule has 1 aromatic heterocycles. The second-order valence-electron chi connectivity index (χ2n) is 4.59. The number of nitrogens with one attached hydrogen (secondary N) is 2. The van der Waals surface area contributed by atoms with Crippen LogP contribution >= 0.6 is 0 Å². The molecule has 6 nitrogen and oxygen atoms in total. The van der Waals surface area contributed by atoms with Gasteiger partial charge in [0.05, 0.1) is 19.4 Å². The van der Waals surface area contributed by atoms with Gasteiger partial charge >= 0.3 is 0 Å². The van der Waals surface area contributed by atoms with Gasteiger partial charge in [-0.25, -0.2) is 0 Å². The van der Waals surface area contributed by atoms with Gasteiger partial charge in [0, 0.05) is 13.7 Å². The van der Waals surface area contributed by atoms with Crippen LogP contribution in [0.2, 0.25) is 0 Å². The minimum atomic E-state index is -0.889. The van der Waals surface area contributed by atoms with Crippen molar-refractivity contribution in [2.24, 2.45) is 5.41 Å². The van der Waals surface area contributed by atoms with E-state index in [0.717, 1.165) is 0 Å². The standard InChI is InChI=1S/C13H18N2O4/c1-18-8-6-14-11(16)13(4-5-13)12(17)15-9-10-3-2-7-19-10/h2-3,7H,4-6,8-9H2,1H3,(H,14,16)(H,15,17). The fourth-order valence-electron chi connectivity index (χ4n) is 1.87. The molecule has 0 aromatic carbocycles. The van der Waals surface area contributed by atoms with Crippen molar-refractivity contribution >= 4 is 11.8 Å². The number of carbonyl (C=O) groups is 2. The SMILES string of the molecule is COCCNC(=O)C1(C(=O)NCc2ccco2)CC1. The largest absolute Gasteiger partial charge is 0.467 e. The second-order valence-corrected chi connectivity index (χ2v) is 4.59. The van der Waals surface area contributed by atoms with E-state index < -0.39 is 5.41 Å². The number of hydrogen-bond acceptors (Lipinski definition) is 4. The maximum absolute atomic E-state index is 12.1. The monoisotopic (exact) mass is 266 g/mol. The third kappa shape index (κ3) is 3.14. The van der Waals surface area contributed by atoms with Gasteiger partial charge in [-0.3, -0.25) is 9.59 Å². The van der Waals surface area contributed by atoms with Crippen molar-refractivity contribution in [3.63, 3.8) is 0 Å². The number of furan rings is 1. The van der Waals surface area contributed by atoms with Crippen LogP contribution in [0.4, 0.5) is 0 Å². The van der Waals surface area contributed by atoms with Crippen LogP contribution in [0, 0.1) is 5.41 Å². The molecule has 19 heavy (non-hydrogen) atoms. The van der Waals surface area contributed by atoms with Crippen LogP contribution in [0.15, 0.2) is 22.8 Å². The van der Waals surface area contributed by atoms with E-state index in [1.165, 1.54) is 0 Å². The smallest absolute Gasteiger partial charge is 0.236 e. The third-order valence-corrected chi connectivity index (χ3v) is 3.21. The summed E-state index contributed by atoms with van der Waals surface area (Å²) in [4.78, 5) is 24.0. The summed E-state index contributed by atoms with van der Waals surface area (Å²) in [6.07, 6.45) is 2.73. The highest BCUT2D eigenvalue weighted by atomic mass is 16.5. The number of amides is 2. The molecule has 1 fully saturated rings. The number of methoxy groups -OCH3 is 1. The first-order chi connectivity index (χ1) is 9.19. The van der Waals surface area contributed by atoms with E-state index in [9.17, 15) is 9.59 Å². The highest BCUT2D eigenvalue weighted by Crippen LogP contribution is 2.46. The summed E-state index contributed by atoms with van der Waals surface area (Å²) in [7, 11) is 1.56. The number of hydrogen-bond donors (Lipinski definition) is 2. The molecule has 0 bridgehead atoms. The predicted molar refractivity (Wildman–Crippen MR) is 67.1 cm³/mol. The molecule has 0 saturated heterocycles. The van der Waals surface area contributed by atoms with Crippen molar-refractivity contribution in [2.75, 3.05) is 20.3 Å². The first-order valence-corrected chi connectivity index (χ1v) is 6.27. The molecule has 0 spiro atoms. The molecule has 1 heterocycles. The van der Waals surface area contributed by atoms with Crippen LogP contribution in [0.25, 0.3) is 0 Å². The van der Waals surface area contributed by atoms with E-state index >= 15 is 0 Å². The predicted octanol–water partition coefficient (Wildman–Crippen LogP) is 0.439. The lowest BCUT2D eigenvalue weighted by Gasteiger charge is -2.14. The second kappa shape index (κ2) is 5.88. The van der Waals surface area contributed by atoms with Crippen LogP contribution < -0.4 is 10.6 Å². The fourth-order valence-corrected chi connectivity index (χ4v) is 1.87. The summed E-state index contributed by atoms with van der Waals surface area (Å²) in [5, 5.41) is 5.45. The Labute approximate surface area is 111 Å². The summed E-state index contributed by atoms with van der Waals surface area (Å²) in [5.74, 6) is 0.212. The molecule has 2 amide bonds. The molecular weight excluding hydrogens is 248 g/mol. The van der Waals surface area contributed by atoms with E-state index in [1.807, 2.05) is 0 Å². The molecule has 1 saturated carbocycles. The average Bonchev–Trinajstić information content (AvgIpc) is 3.06. The minimum absolute atomic E-state index is 0.221. The zero-order chi connectivity index (χ0) is 13.7. The lowest BCUT2D eigenvalue weighted by atomic mass is 10.1. The molecule has 104 valence electrons. The zero-order valence-corrected chi connectivity index (χ0v) is 10.9. The van der Waals surface area contributed by atoms with Crippen LogP contribution in [0.5, 0.6) is 0 Å². The van der Waals surface area contributed by atoms with Gasteiger partial charge in [0.2, 0.25) is 11.8 Å². The van der Waals surface area contributed by atoms with Gasteiger partial charge in [0.15, 0.2) is 0 Å². The number of carbonyl (C=O) groups excluding carboxylic acids is 2. The molecule has 1 aliphatic carbocycles. The maximum atomic E-state index is 12.1. The normalized spacial score (nSPS) is 15.8. The molecule has 0 aliphatic heterocycles. The first-order valence-electron chi connectivity index (χ1n) is 6.27. The molecule has 0 radical (unpaired) electrons. The van der Waals surface area contributed by atoms with Crippen molar-refractivity contribution in [3.8, 4) is 0 Å². The topological polar surface area (TPSA) is 80.6 Å². The van der Waals surface area contributed by atoms with E-state index in [1.54, 1.807) is 25.5 Å². The third-order valence-electron chi connectivity index (χ3n) is 3.21. The molecule has 2 rings (SSSR count). The fraction of sp³-hybridized carbons (Fsp3) is 0.538. The summed E-state index contributed by atoms with van der Waals surface area (Å²) in [6.45, 7) is 1.16. The van der Waals surface area contributed by atoms with Crippen LogP contribution in [0.3, 0.4) is 0 Å². The zero-order valence-electron chi connectivity index (χ0n) is 10.9. The highest BCUT2D eigenvalue weighted by molar-refractivity contribution is 6.07. The molecule has 0 atom stereocenters. The first kappa shape index (κ1) is 13.6. The number of rotatable bonds is 7. The van der Waals surface area contributed by atoms with Gasteiger partial charge in [0.25, 0.3) is 0 Å². The van der Waals surface area contributed by atoms with Gasteiger partial charge in [-0.15, -0.1) is 0 Å². The van der Waals surface area contributed by atoms with Crippen LogP contribution in [-0.4, -0.2) is 32.1 Å². The summed E-state index contributed by atoms with van der Waals surface area (Å²) in [6, 6.07) is 3.53. The van der Waals surface area contributed by atoms with Gasteiger partial charge < -0.3 is 19.8 Å². The number of ether oxygens (including phenoxy) is 1. The van der Waals surface area contributed by atoms with Crippen molar-refractivity contribution in [2.45, 2.75) is 19.4 Å². The molecule has 6 heteroatoms. The Kier molecular flexibility index (Phi) is 4.21. The minimum Gasteiger partial charge on any atom is -0.467 e. The average molecular weight is 266 g/mol. The Morgan fingerprint density at radius 2 is 2.11 bits per heavy atom. The summed E-state index contributed by atoms with van der Waals surface area (Å²) >= 11 is 0. The van der Waals surface area contributed by atoms with Crippen molar-refractivity contribution in [1.82, 2.24) is 10.6 Å². The van der Waals surface area contributed by atoms with Gasteiger partial charge in [-0.05, 0) is 25.0 Å². The lowest BCUT2D eigenvalue weighted by molar-refractivity contribution is -0.137. The van der Waals surface area contributed by atoms with E-state index in [2.05, 4.69) is 10.6 Å². The molecule has 1 aliphatic rings. The maximum Gasteiger partial charge on any atom is 0.236 e. The molecule has 2 N–H and O–H groups in total. The van der Waals surface area contributed by atoms with Gasteiger partial charge in [-0.2, -0.15) is 0 Å². The molecule has 0 unspecified atom stereocenters. The Balaban J connectivity index is 1.82. The van der Waals surface area contributed by atoms with Crippen molar-refractivity contribution in [3.05, 3.63) is 24.2 Å². The lowest BCUT2D eigenvalue weighted by Crippen LogP contribution is -2.43. The molecular formula is C13H18N2O4. The Morgan fingerprint density at radius 3 is 2.68 bits per heavy atom. The van der Waals surface area contributed by atoms with Gasteiger partial charge in [0.1, 0.15) is 11.2 Å². The van der Waals surface area contributed by atoms with E-state index in [-0.39, 0.29) is 11.8 Å². The van der Waals surface area contributed by atoms with Crippen molar-refractivity contribution < 1.29 is 18.7 Å². The van der Waals surface area contributed by atoms with Crippen molar-refractivity contribution in [1.29, 1.82) is 0 Å². The van der Waals surface area contributed by atoms with Gasteiger partial charge in [-0.1, -0.05) is 0 Å². The van der Waals surface area contributed by atoms with Crippen LogP contribution in [-0.2, 0) is 20.9 Å². The Hall–Kier alpha value is -1.82. The van der Waals surface area contributed by atoms with Crippen LogP contribution in [0.1, 0.15) is 18.6 Å². The summed E-state index contributed by atoms with van der Waals surface area (Å²) in [5.41, 5.74) is -0.889. The summed E-state index contributed by atoms with van der Waals surface area (Å²) < 4.78 is 9.98. The Morgan fingerprint density at radius 1 is 1.37 bits per heavy atom. The van der Waals surface area contributed by atoms with E-state index in [0.29, 0.717) is 38.3 Å². The highest BCUT2D eigenvalue weighted by Gasteiger charge is 2.56. The quantitative estimate of drug-likeness (QED) is 0.554. The van der Waals surface area contributed by atoms with E-state index in [4.69, 9.17) is 9.15 Å². The Bertz CT molecular complexity index is 438.